The molecule has 3 heteroatoms. The van der Waals surface area contributed by atoms with Crippen LogP contribution in [-0.4, -0.2) is 17.4 Å². The van der Waals surface area contributed by atoms with E-state index in [0.717, 1.165) is 18.3 Å². The predicted molar refractivity (Wildman–Crippen MR) is 117 cm³/mol. The monoisotopic (exact) mass is 377 g/mol. The van der Waals surface area contributed by atoms with Crippen LogP contribution in [0.3, 0.4) is 0 Å². The molecule has 0 fully saturated rings. The Morgan fingerprint density at radius 3 is 2.15 bits per heavy atom. The number of benzene rings is 3. The van der Waals surface area contributed by atoms with Gasteiger partial charge in [-0.2, -0.15) is 0 Å². The number of aryl methyl sites for hydroxylation is 1. The van der Waals surface area contributed by atoms with E-state index in [1.54, 1.807) is 0 Å². The molecule has 2 nitrogen and oxygen atoms in total. The lowest BCUT2D eigenvalue weighted by Crippen LogP contribution is -2.34. The number of nitrogens with one attached hydrogen (secondary N) is 1. The van der Waals surface area contributed by atoms with E-state index in [1.807, 2.05) is 30.3 Å². The molecule has 0 aromatic heterocycles. The molecule has 0 amide bonds. The van der Waals surface area contributed by atoms with Gasteiger partial charge in [0.25, 0.3) is 0 Å². The van der Waals surface area contributed by atoms with Crippen molar-refractivity contribution in [3.05, 3.63) is 96.1 Å². The van der Waals surface area contributed by atoms with Crippen LogP contribution >= 0.6 is 7.92 Å². The summed E-state index contributed by atoms with van der Waals surface area (Å²) in [6.45, 7) is 4.25. The van der Waals surface area contributed by atoms with E-state index >= 15 is 0 Å². The molecule has 0 saturated carbocycles. The minimum absolute atomic E-state index is 0.0181. The molecule has 1 unspecified atom stereocenters. The Bertz CT molecular complexity index is 822. The Morgan fingerprint density at radius 1 is 0.852 bits per heavy atom. The van der Waals surface area contributed by atoms with Crippen LogP contribution in [0.1, 0.15) is 31.1 Å². The largest absolute Gasteiger partial charge is 0.387 e. The van der Waals surface area contributed by atoms with Crippen molar-refractivity contribution in [2.45, 2.75) is 32.4 Å². The molecule has 27 heavy (non-hydrogen) atoms. The van der Waals surface area contributed by atoms with Crippen molar-refractivity contribution in [3.8, 4) is 0 Å². The number of aliphatic hydroxyl groups is 1. The van der Waals surface area contributed by atoms with Gasteiger partial charge in [0.2, 0.25) is 0 Å². The average molecular weight is 377 g/mol. The Kier molecular flexibility index (Phi) is 7.18. The van der Waals surface area contributed by atoms with Crippen LogP contribution in [0.5, 0.6) is 0 Å². The fraction of sp³-hybridized carbons (Fsp3) is 0.250. The van der Waals surface area contributed by atoms with Crippen LogP contribution in [-0.2, 0) is 6.42 Å². The van der Waals surface area contributed by atoms with E-state index in [-0.39, 0.29) is 6.04 Å². The van der Waals surface area contributed by atoms with Gasteiger partial charge in [-0.05, 0) is 43.0 Å². The minimum atomic E-state index is -0.521. The summed E-state index contributed by atoms with van der Waals surface area (Å²) in [6, 6.07) is 29.5. The third kappa shape index (κ3) is 5.26. The Hall–Kier alpha value is -1.99. The molecule has 2 N–H and O–H groups in total. The lowest BCUT2D eigenvalue weighted by molar-refractivity contribution is 0.139. The van der Waals surface area contributed by atoms with E-state index in [4.69, 9.17) is 0 Å². The predicted octanol–water partition coefficient (Wildman–Crippen LogP) is 4.35. The molecule has 3 aromatic carbocycles. The van der Waals surface area contributed by atoms with Crippen LogP contribution in [0, 0.1) is 0 Å². The van der Waals surface area contributed by atoms with Crippen molar-refractivity contribution in [1.29, 1.82) is 0 Å². The highest BCUT2D eigenvalue weighted by atomic mass is 31.1. The van der Waals surface area contributed by atoms with Gasteiger partial charge in [0.05, 0.1) is 6.10 Å². The lowest BCUT2D eigenvalue weighted by Gasteiger charge is -2.25. The molecule has 140 valence electrons. The first-order chi connectivity index (χ1) is 13.2. The van der Waals surface area contributed by atoms with Crippen LogP contribution in [0.4, 0.5) is 0 Å². The first-order valence-electron chi connectivity index (χ1n) is 9.57. The van der Waals surface area contributed by atoms with Gasteiger partial charge in [0.1, 0.15) is 0 Å². The molecular weight excluding hydrogens is 349 g/mol. The Balaban J connectivity index is 1.77. The molecule has 0 heterocycles. The van der Waals surface area contributed by atoms with Gasteiger partial charge >= 0.3 is 0 Å². The highest BCUT2D eigenvalue weighted by Crippen LogP contribution is 2.33. The zero-order valence-corrected chi connectivity index (χ0v) is 16.9. The maximum atomic E-state index is 10.7. The second kappa shape index (κ2) is 9.80. The zero-order valence-electron chi connectivity index (χ0n) is 16.0. The minimum Gasteiger partial charge on any atom is -0.387 e. The summed E-state index contributed by atoms with van der Waals surface area (Å²) in [7, 11) is -0.521. The number of hydrogen-bond acceptors (Lipinski definition) is 2. The summed E-state index contributed by atoms with van der Waals surface area (Å²) in [6.07, 6.45) is 1.38. The van der Waals surface area contributed by atoms with Crippen molar-refractivity contribution in [3.63, 3.8) is 0 Å². The van der Waals surface area contributed by atoms with Crippen molar-refractivity contribution < 1.29 is 5.11 Å². The second-order valence-electron chi connectivity index (χ2n) is 6.79. The van der Waals surface area contributed by atoms with E-state index in [9.17, 15) is 5.11 Å². The molecular formula is C24H28NOP. The number of aliphatic hydroxyl groups excluding tert-OH is 1. The first kappa shape index (κ1) is 19.8. The SMILES string of the molecule is CCc1cccc(P(CN[C@@H](C)[C@H](O)c2ccccc2)c2ccccc2)c1. The normalized spacial score (nSPS) is 14.5. The number of rotatable bonds is 8. The van der Waals surface area contributed by atoms with Gasteiger partial charge in [-0.15, -0.1) is 0 Å². The van der Waals surface area contributed by atoms with Gasteiger partial charge in [-0.1, -0.05) is 91.9 Å². The molecule has 3 atom stereocenters. The van der Waals surface area contributed by atoms with E-state index in [1.165, 1.54) is 16.2 Å². The molecule has 0 aliphatic heterocycles. The summed E-state index contributed by atoms with van der Waals surface area (Å²) < 4.78 is 0. The van der Waals surface area contributed by atoms with E-state index in [2.05, 4.69) is 73.8 Å². The van der Waals surface area contributed by atoms with Gasteiger partial charge in [-0.25, -0.2) is 0 Å². The molecule has 0 bridgehead atoms. The summed E-state index contributed by atoms with van der Waals surface area (Å²) in [4.78, 5) is 0. The Morgan fingerprint density at radius 2 is 1.48 bits per heavy atom. The highest BCUT2D eigenvalue weighted by Gasteiger charge is 2.19. The van der Waals surface area contributed by atoms with Gasteiger partial charge in [0.15, 0.2) is 0 Å². The highest BCUT2D eigenvalue weighted by molar-refractivity contribution is 7.72. The quantitative estimate of drug-likeness (QED) is 0.572. The zero-order chi connectivity index (χ0) is 19.1. The van der Waals surface area contributed by atoms with Crippen molar-refractivity contribution in [2.75, 3.05) is 6.29 Å². The van der Waals surface area contributed by atoms with Crippen molar-refractivity contribution in [1.82, 2.24) is 5.32 Å². The maximum absolute atomic E-state index is 10.7. The van der Waals surface area contributed by atoms with Crippen molar-refractivity contribution in [2.24, 2.45) is 0 Å². The topological polar surface area (TPSA) is 32.3 Å². The fourth-order valence-corrected chi connectivity index (χ4v) is 5.42. The summed E-state index contributed by atoms with van der Waals surface area (Å²) >= 11 is 0. The molecule has 0 aliphatic rings. The van der Waals surface area contributed by atoms with E-state index in [0.29, 0.717) is 0 Å². The summed E-state index contributed by atoms with van der Waals surface area (Å²) in [5.41, 5.74) is 2.32. The van der Waals surface area contributed by atoms with Gasteiger partial charge in [-0.3, -0.25) is 0 Å². The third-order valence-corrected chi connectivity index (χ3v) is 7.21. The lowest BCUT2D eigenvalue weighted by atomic mass is 10.0. The molecule has 0 saturated heterocycles. The fourth-order valence-electron chi connectivity index (χ4n) is 3.17. The summed E-state index contributed by atoms with van der Waals surface area (Å²) in [5, 5.41) is 17.0. The van der Waals surface area contributed by atoms with Crippen molar-refractivity contribution >= 4 is 18.5 Å². The smallest absolute Gasteiger partial charge is 0.0940 e. The molecule has 0 radical (unpaired) electrons. The second-order valence-corrected chi connectivity index (χ2v) is 9.00. The number of hydrogen-bond donors (Lipinski definition) is 2. The van der Waals surface area contributed by atoms with Crippen LogP contribution in [0.2, 0.25) is 0 Å². The molecule has 3 rings (SSSR count). The molecule has 3 aromatic rings. The van der Waals surface area contributed by atoms with Gasteiger partial charge in [0, 0.05) is 12.3 Å². The average Bonchev–Trinajstić information content (AvgIpc) is 2.74. The standard InChI is InChI=1S/C24H28NOP/c1-3-20-11-10-16-23(17-20)27(22-14-8-5-9-15-22)18-25-19(2)24(26)21-12-6-4-7-13-21/h4-17,19,24-26H,3,18H2,1-2H3/t19-,24-,27?/m0/s1. The first-order valence-corrected chi connectivity index (χ1v) is 11.1. The van der Waals surface area contributed by atoms with Gasteiger partial charge < -0.3 is 10.4 Å². The van der Waals surface area contributed by atoms with Crippen LogP contribution < -0.4 is 15.9 Å². The van der Waals surface area contributed by atoms with Crippen LogP contribution in [0.15, 0.2) is 84.9 Å². The summed E-state index contributed by atoms with van der Waals surface area (Å²) in [5.74, 6) is 0. The third-order valence-electron chi connectivity index (χ3n) is 4.88. The van der Waals surface area contributed by atoms with Crippen LogP contribution in [0.25, 0.3) is 0 Å². The maximum Gasteiger partial charge on any atom is 0.0940 e. The molecule has 0 aliphatic carbocycles. The van der Waals surface area contributed by atoms with E-state index < -0.39 is 14.0 Å². The molecule has 0 spiro atoms. The Labute approximate surface area is 164 Å².